The lowest BCUT2D eigenvalue weighted by Gasteiger charge is -2.28. The first kappa shape index (κ1) is 56.8. The molecule has 9 nitrogen and oxygen atoms in total. The minimum absolute atomic E-state index is 0.0319. The van der Waals surface area contributed by atoms with E-state index >= 15 is 0 Å². The summed E-state index contributed by atoms with van der Waals surface area (Å²) in [7, 11) is 1.16. The first-order valence-corrected chi connectivity index (χ1v) is 25.9. The Morgan fingerprint density at radius 3 is 1.34 bits per heavy atom. The predicted molar refractivity (Wildman–Crippen MR) is 241 cm³/mol. The van der Waals surface area contributed by atoms with E-state index < -0.39 is 32.5 Å². The van der Waals surface area contributed by atoms with Crippen LogP contribution in [0, 0.1) is 0 Å². The third-order valence-electron chi connectivity index (χ3n) is 10.8. The number of carbonyl (C=O) groups is 2. The van der Waals surface area contributed by atoms with Crippen molar-refractivity contribution in [1.29, 1.82) is 0 Å². The molecule has 2 atom stereocenters. The van der Waals surface area contributed by atoms with E-state index in [0.717, 1.165) is 25.7 Å². The number of phosphoric ester groups is 1. The molecule has 0 aliphatic rings. The fourth-order valence-electron chi connectivity index (χ4n) is 6.97. The van der Waals surface area contributed by atoms with Crippen molar-refractivity contribution in [3.8, 4) is 0 Å². The van der Waals surface area contributed by atoms with Crippen LogP contribution in [0.5, 0.6) is 0 Å². The number of hydrogen-bond donors (Lipinski definition) is 0. The number of carbonyl (C=O) groups excluding carboxylic acids is 2. The van der Waals surface area contributed by atoms with Gasteiger partial charge in [-0.2, -0.15) is 0 Å². The Balaban J connectivity index is 4.28. The van der Waals surface area contributed by atoms with Gasteiger partial charge in [-0.15, -0.1) is 0 Å². The highest BCUT2D eigenvalue weighted by Crippen LogP contribution is 2.38. The zero-order valence-corrected chi connectivity index (χ0v) is 39.7. The zero-order chi connectivity index (χ0) is 42.8. The molecule has 0 amide bonds. The van der Waals surface area contributed by atoms with Gasteiger partial charge in [-0.3, -0.25) is 14.2 Å². The molecule has 0 saturated carbocycles. The van der Waals surface area contributed by atoms with Gasteiger partial charge in [0.05, 0.1) is 27.7 Å². The number of quaternary nitrogens is 1. The smallest absolute Gasteiger partial charge is 0.306 e. The van der Waals surface area contributed by atoms with Crippen LogP contribution in [-0.2, 0) is 32.7 Å². The Kier molecular flexibility index (Phi) is 40.2. The number of rotatable bonds is 45. The third-order valence-corrected chi connectivity index (χ3v) is 11.8. The van der Waals surface area contributed by atoms with E-state index in [1.807, 2.05) is 27.2 Å². The van der Waals surface area contributed by atoms with E-state index in [-0.39, 0.29) is 26.1 Å². The topological polar surface area (TPSA) is 111 Å². The number of allylic oxidation sites excluding steroid dienone is 2. The van der Waals surface area contributed by atoms with Crippen LogP contribution >= 0.6 is 7.82 Å². The summed E-state index contributed by atoms with van der Waals surface area (Å²) in [6.07, 6.45) is 43.9. The molecule has 0 aromatic rings. The molecule has 0 rings (SSSR count). The second-order valence-electron chi connectivity index (χ2n) is 17.8. The standard InChI is InChI=1S/C48H94NO8P/c1-6-8-10-12-14-16-18-20-22-23-24-25-27-29-31-33-35-37-39-41-48(51)57-46(45-56-58(52,53)55-43-42-49(3,4)5)44-54-47(50)40-38-36-34-32-30-28-26-21-19-17-15-13-11-9-7-2/h34,36,46H,6-33,35,37-45H2,1-5H3/b36-34-. The number of phosphoric acid groups is 1. The van der Waals surface area contributed by atoms with Gasteiger partial charge in [0.2, 0.25) is 0 Å². The molecule has 0 aromatic carbocycles. The van der Waals surface area contributed by atoms with E-state index in [1.165, 1.54) is 167 Å². The largest absolute Gasteiger partial charge is 0.756 e. The van der Waals surface area contributed by atoms with Gasteiger partial charge in [-0.25, -0.2) is 0 Å². The molecule has 0 saturated heterocycles. The highest BCUT2D eigenvalue weighted by atomic mass is 31.2. The highest BCUT2D eigenvalue weighted by Gasteiger charge is 2.21. The van der Waals surface area contributed by atoms with Gasteiger partial charge >= 0.3 is 11.9 Å². The van der Waals surface area contributed by atoms with E-state index in [2.05, 4.69) is 19.9 Å². The average Bonchev–Trinajstić information content (AvgIpc) is 3.17. The van der Waals surface area contributed by atoms with Crippen LogP contribution in [0.4, 0.5) is 0 Å². The molecule has 0 radical (unpaired) electrons. The van der Waals surface area contributed by atoms with Crippen LogP contribution in [0.3, 0.4) is 0 Å². The van der Waals surface area contributed by atoms with Crippen molar-refractivity contribution < 1.29 is 42.1 Å². The molecule has 0 fully saturated rings. The van der Waals surface area contributed by atoms with Crippen molar-refractivity contribution in [2.45, 2.75) is 238 Å². The maximum atomic E-state index is 12.7. The third kappa shape index (κ3) is 44.3. The van der Waals surface area contributed by atoms with E-state index in [1.54, 1.807) is 0 Å². The molecule has 0 N–H and O–H groups in total. The SMILES string of the molecule is CCCCCCCCCCCCC/C=C\CCC(=O)OCC(COP(=O)([O-])OCC[N+](C)(C)C)OC(=O)CCCCCCCCCCCCCCCCCCCCC. The molecule has 0 spiro atoms. The van der Waals surface area contributed by atoms with Crippen LogP contribution in [0.15, 0.2) is 12.2 Å². The summed E-state index contributed by atoms with van der Waals surface area (Å²) < 4.78 is 33.9. The quantitative estimate of drug-likeness (QED) is 0.0196. The number of nitrogens with zero attached hydrogens (tertiary/aromatic N) is 1. The molecule has 2 unspecified atom stereocenters. The van der Waals surface area contributed by atoms with Crippen molar-refractivity contribution >= 4 is 19.8 Å². The highest BCUT2D eigenvalue weighted by molar-refractivity contribution is 7.45. The minimum Gasteiger partial charge on any atom is -0.756 e. The normalized spacial score (nSPS) is 13.6. The molecular weight excluding hydrogens is 750 g/mol. The molecule has 0 bridgehead atoms. The molecule has 10 heteroatoms. The molecule has 0 aliphatic heterocycles. The summed E-state index contributed by atoms with van der Waals surface area (Å²) in [5, 5.41) is 0. The van der Waals surface area contributed by atoms with Gasteiger partial charge in [-0.05, 0) is 25.7 Å². The van der Waals surface area contributed by atoms with Crippen LogP contribution in [0.25, 0.3) is 0 Å². The Labute approximate surface area is 358 Å². The van der Waals surface area contributed by atoms with Crippen LogP contribution < -0.4 is 4.89 Å². The summed E-state index contributed by atoms with van der Waals surface area (Å²) in [5.74, 6) is -0.877. The maximum Gasteiger partial charge on any atom is 0.306 e. The van der Waals surface area contributed by atoms with E-state index in [4.69, 9.17) is 18.5 Å². The maximum absolute atomic E-state index is 12.7. The summed E-state index contributed by atoms with van der Waals surface area (Å²) in [6.45, 7) is 4.23. The number of esters is 2. The van der Waals surface area contributed by atoms with Crippen LogP contribution in [-0.4, -0.2) is 70.0 Å². The number of likely N-dealkylation sites (N-methyl/N-ethyl adjacent to an activating group) is 1. The van der Waals surface area contributed by atoms with Crippen molar-refractivity contribution in [2.24, 2.45) is 0 Å². The molecular formula is C48H94NO8P. The van der Waals surface area contributed by atoms with Crippen molar-refractivity contribution in [3.05, 3.63) is 12.2 Å². The average molecular weight is 844 g/mol. The summed E-state index contributed by atoms with van der Waals surface area (Å²) in [5.41, 5.74) is 0. The van der Waals surface area contributed by atoms with Crippen LogP contribution in [0.1, 0.15) is 232 Å². The predicted octanol–water partition coefficient (Wildman–Crippen LogP) is 13.5. The molecule has 344 valence electrons. The first-order chi connectivity index (χ1) is 28.0. The lowest BCUT2D eigenvalue weighted by molar-refractivity contribution is -0.870. The lowest BCUT2D eigenvalue weighted by Crippen LogP contribution is -2.37. The van der Waals surface area contributed by atoms with Gasteiger partial charge in [0.25, 0.3) is 7.82 Å². The summed E-state index contributed by atoms with van der Waals surface area (Å²) in [4.78, 5) is 37.6. The Hall–Kier alpha value is -1.25. The Morgan fingerprint density at radius 1 is 0.517 bits per heavy atom. The van der Waals surface area contributed by atoms with Gasteiger partial charge in [0.1, 0.15) is 19.8 Å². The number of unbranched alkanes of at least 4 members (excludes halogenated alkanes) is 29. The molecule has 0 aliphatic carbocycles. The Morgan fingerprint density at radius 2 is 0.914 bits per heavy atom. The monoisotopic (exact) mass is 844 g/mol. The number of hydrogen-bond acceptors (Lipinski definition) is 8. The fraction of sp³-hybridized carbons (Fsp3) is 0.917. The summed E-state index contributed by atoms with van der Waals surface area (Å²) >= 11 is 0. The van der Waals surface area contributed by atoms with Crippen molar-refractivity contribution in [1.82, 2.24) is 0 Å². The fourth-order valence-corrected chi connectivity index (χ4v) is 7.70. The van der Waals surface area contributed by atoms with Gasteiger partial charge in [-0.1, -0.05) is 206 Å². The minimum atomic E-state index is -4.63. The molecule has 58 heavy (non-hydrogen) atoms. The van der Waals surface area contributed by atoms with Gasteiger partial charge in [0, 0.05) is 12.8 Å². The summed E-state index contributed by atoms with van der Waals surface area (Å²) in [6, 6.07) is 0. The number of ether oxygens (including phenoxy) is 2. The van der Waals surface area contributed by atoms with Gasteiger partial charge < -0.3 is 27.9 Å². The molecule has 0 aromatic heterocycles. The lowest BCUT2D eigenvalue weighted by atomic mass is 10.0. The van der Waals surface area contributed by atoms with Crippen LogP contribution in [0.2, 0.25) is 0 Å². The second kappa shape index (κ2) is 41.1. The van der Waals surface area contributed by atoms with Crippen molar-refractivity contribution in [2.75, 3.05) is 47.5 Å². The molecule has 0 heterocycles. The van der Waals surface area contributed by atoms with E-state index in [9.17, 15) is 19.0 Å². The van der Waals surface area contributed by atoms with Crippen molar-refractivity contribution in [3.63, 3.8) is 0 Å². The Bertz CT molecular complexity index is 1000. The van der Waals surface area contributed by atoms with Gasteiger partial charge in [0.15, 0.2) is 6.10 Å². The zero-order valence-electron chi connectivity index (χ0n) is 38.8. The second-order valence-corrected chi connectivity index (χ2v) is 19.2. The first-order valence-electron chi connectivity index (χ1n) is 24.4. The van der Waals surface area contributed by atoms with E-state index in [0.29, 0.717) is 23.9 Å².